The number of hydrogen-bond donors (Lipinski definition) is 0. The van der Waals surface area contributed by atoms with Gasteiger partial charge in [0.25, 0.3) is 0 Å². The predicted octanol–water partition coefficient (Wildman–Crippen LogP) is 15.7. The van der Waals surface area contributed by atoms with Crippen LogP contribution >= 0.6 is 44.1 Å². The first-order valence-electron chi connectivity index (χ1n) is 25.7. The van der Waals surface area contributed by atoms with Gasteiger partial charge < -0.3 is 18.1 Å². The Hall–Kier alpha value is -5.54. The minimum absolute atomic E-state index is 0.329. The normalized spacial score (nSPS) is 20.4. The molecular weight excluding hydrogens is 1050 g/mol. The molecule has 0 saturated heterocycles. The molecule has 0 fully saturated rings. The van der Waals surface area contributed by atoms with E-state index in [0.29, 0.717) is 52.1 Å². The van der Waals surface area contributed by atoms with E-state index in [1.54, 1.807) is 0 Å². The predicted molar refractivity (Wildman–Crippen MR) is 325 cm³/mol. The van der Waals surface area contributed by atoms with Crippen molar-refractivity contribution in [3.05, 3.63) is 267 Å². The average Bonchev–Trinajstić information content (AvgIpc) is 3.55. The second kappa shape index (κ2) is 24.0. The van der Waals surface area contributed by atoms with Crippen molar-refractivity contribution >= 4 is 86.6 Å². The van der Waals surface area contributed by atoms with Crippen molar-refractivity contribution in [2.75, 3.05) is 26.4 Å². The highest BCUT2D eigenvalue weighted by molar-refractivity contribution is 7.96. The van der Waals surface area contributed by atoms with Gasteiger partial charge in [0, 0.05) is 42.4 Å². The molecule has 8 aromatic carbocycles. The summed E-state index contributed by atoms with van der Waals surface area (Å²) in [5.74, 6) is 0. The van der Waals surface area contributed by atoms with Crippen LogP contribution in [0.5, 0.6) is 0 Å². The van der Waals surface area contributed by atoms with Crippen LogP contribution in [0.2, 0.25) is 0 Å². The molecule has 76 heavy (non-hydrogen) atoms. The second-order valence-corrected chi connectivity index (χ2v) is 34.3. The Kier molecular flexibility index (Phi) is 16.6. The summed E-state index contributed by atoms with van der Waals surface area (Å²) in [4.78, 5) is 0. The topological polar surface area (TPSA) is 111 Å². The van der Waals surface area contributed by atoms with E-state index >= 15 is 0 Å². The molecule has 2 spiro atoms. The van der Waals surface area contributed by atoms with E-state index in [1.807, 2.05) is 48.5 Å². The number of nitrogens with zero attached hydrogens (tertiary/aromatic N) is 6. The van der Waals surface area contributed by atoms with Crippen LogP contribution in [0.4, 0.5) is 0 Å². The molecule has 0 radical (unpaired) electrons. The maximum Gasteiger partial charge on any atom is 0.342 e. The first-order chi connectivity index (χ1) is 37.5. The average molecular weight is 1120 g/mol. The van der Waals surface area contributed by atoms with Gasteiger partial charge in [-0.3, -0.25) is 0 Å². The van der Waals surface area contributed by atoms with Gasteiger partial charge in [-0.15, -0.1) is 0 Å². The lowest BCUT2D eigenvalue weighted by Gasteiger charge is -2.36. The van der Waals surface area contributed by atoms with Crippen molar-refractivity contribution in [1.29, 1.82) is 0 Å². The molecule has 16 heteroatoms. The standard InChI is InChI=1S/C60H60N6O4P6/c1-2-30-50-68-76(65-73(57-41-21-9-22-42-57,58-43-23-10-24-44-58)62-74(66-76,59-45-25-11-26-46-59)60-47-27-12-28-48-60)70-52-32-4-3-31-51-69-75(67-49-29-1)63-71(53-33-13-5-14-34-53,54-35-15-6-16-36-54)61-72(64-75,55-37-17-7-18-38-55)56-39-19-8-20-40-56/h1-28,33-48H,29-32,49-52H2/b2-1-,4-3-. The van der Waals surface area contributed by atoms with Crippen molar-refractivity contribution in [3.8, 4) is 0 Å². The fourth-order valence-electron chi connectivity index (χ4n) is 9.36. The first kappa shape index (κ1) is 52.5. The summed E-state index contributed by atoms with van der Waals surface area (Å²) < 4.78 is 64.4. The molecule has 384 valence electrons. The van der Waals surface area contributed by atoms with Crippen LogP contribution in [0.15, 0.2) is 294 Å². The minimum atomic E-state index is -3.44. The summed E-state index contributed by atoms with van der Waals surface area (Å²) in [6.07, 6.45) is 11.0. The second-order valence-electron chi connectivity index (χ2n) is 18.0. The van der Waals surface area contributed by atoms with Crippen LogP contribution < -0.4 is 42.4 Å². The van der Waals surface area contributed by atoms with Crippen LogP contribution in [0.1, 0.15) is 25.7 Å². The molecule has 11 rings (SSSR count). The molecule has 0 amide bonds. The Morgan fingerprint density at radius 2 is 0.382 bits per heavy atom. The molecule has 0 N–H and O–H groups in total. The van der Waals surface area contributed by atoms with Gasteiger partial charge in [-0.05, 0) is 25.7 Å². The van der Waals surface area contributed by atoms with Gasteiger partial charge in [0.2, 0.25) is 0 Å². The smallest absolute Gasteiger partial charge is 0.306 e. The monoisotopic (exact) mass is 1110 g/mol. The highest BCUT2D eigenvalue weighted by atomic mass is 31.3. The number of hydrogen-bond acceptors (Lipinski definition) is 10. The lowest BCUT2D eigenvalue weighted by Crippen LogP contribution is -2.21. The molecule has 0 aliphatic carbocycles. The van der Waals surface area contributed by atoms with E-state index in [9.17, 15) is 0 Å². The Bertz CT molecular complexity index is 3050. The summed E-state index contributed by atoms with van der Waals surface area (Å²) in [6, 6.07) is 84.1. The first-order valence-corrected chi connectivity index (χ1v) is 35.5. The maximum absolute atomic E-state index is 7.21. The van der Waals surface area contributed by atoms with Crippen LogP contribution in [0.3, 0.4) is 0 Å². The fraction of sp³-hybridized carbons (Fsp3) is 0.133. The molecule has 0 atom stereocenters. The van der Waals surface area contributed by atoms with Crippen LogP contribution in [0, 0.1) is 0 Å². The van der Waals surface area contributed by atoms with Gasteiger partial charge in [0.05, 0.1) is 26.4 Å². The molecule has 3 heterocycles. The molecular formula is C60H60N6O4P6. The van der Waals surface area contributed by atoms with Crippen molar-refractivity contribution in [2.45, 2.75) is 25.7 Å². The van der Waals surface area contributed by atoms with Gasteiger partial charge in [0.15, 0.2) is 0 Å². The summed E-state index contributed by atoms with van der Waals surface area (Å²) >= 11 is 0. The SMILES string of the molecule is C1=C\CCOP2(=NP(c3ccccc3)(c3ccccc3)=NP(c3ccccc3)(c3ccccc3)=N2)OCC/C=C\CCOP2(=NP(c3ccccc3)(c3ccccc3)=NP(c3ccccc3)(c3ccccc3)=N2)OCC/1. The van der Waals surface area contributed by atoms with E-state index in [2.05, 4.69) is 218 Å². The zero-order valence-corrected chi connectivity index (χ0v) is 47.4. The third-order valence-electron chi connectivity index (χ3n) is 12.9. The molecule has 3 aliphatic rings. The Labute approximate surface area is 448 Å². The van der Waals surface area contributed by atoms with Gasteiger partial charge in [-0.25, -0.2) is 9.03 Å². The molecule has 0 bridgehead atoms. The highest BCUT2D eigenvalue weighted by Crippen LogP contribution is 2.79. The van der Waals surface area contributed by atoms with Crippen molar-refractivity contribution in [2.24, 2.45) is 27.1 Å². The van der Waals surface area contributed by atoms with Gasteiger partial charge in [0.1, 0.15) is 28.8 Å². The van der Waals surface area contributed by atoms with Gasteiger partial charge >= 0.3 is 15.3 Å². The Balaban J connectivity index is 1.01. The molecule has 0 aromatic heterocycles. The lowest BCUT2D eigenvalue weighted by atomic mass is 10.3. The zero-order valence-electron chi connectivity index (χ0n) is 42.1. The fourth-order valence-corrected chi connectivity index (χ4v) is 36.1. The van der Waals surface area contributed by atoms with E-state index in [4.69, 9.17) is 45.2 Å². The lowest BCUT2D eigenvalue weighted by molar-refractivity contribution is 0.243. The van der Waals surface area contributed by atoms with E-state index in [0.717, 1.165) is 42.4 Å². The maximum atomic E-state index is 7.21. The van der Waals surface area contributed by atoms with Crippen molar-refractivity contribution < 1.29 is 18.1 Å². The van der Waals surface area contributed by atoms with Crippen LogP contribution in [-0.4, -0.2) is 26.4 Å². The van der Waals surface area contributed by atoms with E-state index in [-0.39, 0.29) is 0 Å². The summed E-state index contributed by atoms with van der Waals surface area (Å²) in [5, 5.41) is 8.24. The number of rotatable bonds is 8. The Morgan fingerprint density at radius 1 is 0.211 bits per heavy atom. The highest BCUT2D eigenvalue weighted by Gasteiger charge is 2.44. The third kappa shape index (κ3) is 11.0. The van der Waals surface area contributed by atoms with Crippen molar-refractivity contribution in [3.63, 3.8) is 0 Å². The van der Waals surface area contributed by atoms with Gasteiger partial charge in [-0.1, -0.05) is 267 Å². The summed E-state index contributed by atoms with van der Waals surface area (Å²) in [6.45, 7) is 1.32. The quantitative estimate of drug-likeness (QED) is 0.111. The molecule has 0 saturated carbocycles. The molecule has 0 unspecified atom stereocenters. The molecule has 3 aliphatic heterocycles. The third-order valence-corrected chi connectivity index (χ3v) is 35.0. The summed E-state index contributed by atoms with van der Waals surface area (Å²) in [7, 11) is -18.8. The van der Waals surface area contributed by atoms with Crippen LogP contribution in [0.25, 0.3) is 0 Å². The Morgan fingerprint density at radius 3 is 0.566 bits per heavy atom. The van der Waals surface area contributed by atoms with E-state index in [1.165, 1.54) is 0 Å². The number of benzene rings is 8. The largest absolute Gasteiger partial charge is 0.342 e. The van der Waals surface area contributed by atoms with Crippen LogP contribution in [-0.2, 0) is 18.1 Å². The molecule has 8 aromatic rings. The van der Waals surface area contributed by atoms with Gasteiger partial charge in [-0.2, -0.15) is 18.1 Å². The molecule has 10 nitrogen and oxygen atoms in total. The zero-order chi connectivity index (χ0) is 51.5. The minimum Gasteiger partial charge on any atom is -0.306 e. The van der Waals surface area contributed by atoms with Crippen molar-refractivity contribution in [1.82, 2.24) is 0 Å². The summed E-state index contributed by atoms with van der Waals surface area (Å²) in [5.41, 5.74) is 0. The van der Waals surface area contributed by atoms with E-state index < -0.39 is 44.1 Å².